The Bertz CT molecular complexity index is 223. The summed E-state index contributed by atoms with van der Waals surface area (Å²) in [4.78, 5) is 2.64. The van der Waals surface area contributed by atoms with E-state index in [-0.39, 0.29) is 12.2 Å². The van der Waals surface area contributed by atoms with Crippen LogP contribution in [0.15, 0.2) is 0 Å². The van der Waals surface area contributed by atoms with Gasteiger partial charge in [-0.05, 0) is 45.6 Å². The van der Waals surface area contributed by atoms with Crippen molar-refractivity contribution in [3.63, 3.8) is 0 Å². The average Bonchev–Trinajstić information content (AvgIpc) is 2.38. The van der Waals surface area contributed by atoms with E-state index in [0.717, 1.165) is 38.9 Å². The Morgan fingerprint density at radius 2 is 2.06 bits per heavy atom. The van der Waals surface area contributed by atoms with E-state index in [2.05, 4.69) is 31.0 Å². The first kappa shape index (κ1) is 15.9. The molecule has 0 amide bonds. The van der Waals surface area contributed by atoms with Crippen molar-refractivity contribution < 1.29 is 4.39 Å². The van der Waals surface area contributed by atoms with Crippen LogP contribution in [-0.2, 0) is 0 Å². The highest BCUT2D eigenvalue weighted by molar-refractivity contribution is 4.94. The molecule has 1 rings (SSSR count). The lowest BCUT2D eigenvalue weighted by molar-refractivity contribution is 0.0773. The maximum Gasteiger partial charge on any atom is 0.0894 e. The number of hydrogen-bond acceptors (Lipinski definition) is 2. The second kappa shape index (κ2) is 8.11. The van der Waals surface area contributed by atoms with E-state index in [0.29, 0.717) is 6.04 Å². The molecule has 0 radical (unpaired) electrons. The minimum absolute atomic E-state index is 0.160. The fourth-order valence-electron chi connectivity index (χ4n) is 2.83. The van der Waals surface area contributed by atoms with E-state index < -0.39 is 0 Å². The van der Waals surface area contributed by atoms with Crippen molar-refractivity contribution in [3.05, 3.63) is 0 Å². The molecule has 2 atom stereocenters. The van der Waals surface area contributed by atoms with Gasteiger partial charge in [-0.1, -0.05) is 20.3 Å². The number of nitrogens with one attached hydrogen (secondary N) is 1. The van der Waals surface area contributed by atoms with Crippen molar-refractivity contribution in [2.45, 2.75) is 70.9 Å². The first-order valence-corrected chi connectivity index (χ1v) is 7.70. The summed E-state index contributed by atoms with van der Waals surface area (Å²) >= 11 is 0. The van der Waals surface area contributed by atoms with Crippen molar-refractivity contribution in [2.75, 3.05) is 26.3 Å². The van der Waals surface area contributed by atoms with E-state index in [1.165, 1.54) is 19.3 Å². The number of alkyl halides is 1. The van der Waals surface area contributed by atoms with Crippen LogP contribution in [0.4, 0.5) is 4.39 Å². The van der Waals surface area contributed by atoms with Crippen LogP contribution in [0.3, 0.4) is 0 Å². The van der Waals surface area contributed by atoms with Crippen molar-refractivity contribution in [1.29, 1.82) is 0 Å². The topological polar surface area (TPSA) is 15.3 Å². The molecule has 2 nitrogen and oxygen atoms in total. The zero-order valence-corrected chi connectivity index (χ0v) is 12.5. The van der Waals surface area contributed by atoms with Crippen LogP contribution in [0.5, 0.6) is 0 Å². The molecule has 3 heteroatoms. The molecular weight excluding hydrogens is 227 g/mol. The second-order valence-corrected chi connectivity index (χ2v) is 5.96. The third-order valence-corrected chi connectivity index (χ3v) is 4.31. The number of halogens is 1. The van der Waals surface area contributed by atoms with Gasteiger partial charge < -0.3 is 5.32 Å². The summed E-state index contributed by atoms with van der Waals surface area (Å²) in [7, 11) is 0. The number of piperazine rings is 1. The molecule has 1 aliphatic heterocycles. The van der Waals surface area contributed by atoms with E-state index >= 15 is 0 Å². The third kappa shape index (κ3) is 4.85. The summed E-state index contributed by atoms with van der Waals surface area (Å²) in [5.74, 6) is 0. The van der Waals surface area contributed by atoms with Crippen LogP contribution in [-0.4, -0.2) is 42.8 Å². The van der Waals surface area contributed by atoms with Gasteiger partial charge >= 0.3 is 0 Å². The predicted octanol–water partition coefficient (Wildman–Crippen LogP) is 3.37. The Hall–Kier alpha value is -0.150. The fourth-order valence-corrected chi connectivity index (χ4v) is 2.83. The van der Waals surface area contributed by atoms with Crippen molar-refractivity contribution in [1.82, 2.24) is 10.2 Å². The number of hydrogen-bond donors (Lipinski definition) is 1. The second-order valence-electron chi connectivity index (χ2n) is 5.96. The lowest BCUT2D eigenvalue weighted by Crippen LogP contribution is -2.62. The van der Waals surface area contributed by atoms with E-state index in [4.69, 9.17) is 0 Å². The molecule has 0 bridgehead atoms. The number of unbranched alkanes of at least 4 members (excludes halogenated alkanes) is 2. The summed E-state index contributed by atoms with van der Waals surface area (Å²) < 4.78 is 12.1. The monoisotopic (exact) mass is 258 g/mol. The predicted molar refractivity (Wildman–Crippen MR) is 76.8 cm³/mol. The number of nitrogens with zero attached hydrogens (tertiary/aromatic N) is 1. The lowest BCUT2D eigenvalue weighted by atomic mass is 9.92. The maximum absolute atomic E-state index is 12.1. The fraction of sp³-hybridized carbons (Fsp3) is 1.00. The Balaban J connectivity index is 2.44. The summed E-state index contributed by atoms with van der Waals surface area (Å²) in [5.41, 5.74) is 0.268. The van der Waals surface area contributed by atoms with E-state index in [1.807, 2.05) is 0 Å². The third-order valence-electron chi connectivity index (χ3n) is 4.31. The molecule has 0 aromatic heterocycles. The summed E-state index contributed by atoms with van der Waals surface area (Å²) in [5, 5.41) is 3.71. The van der Waals surface area contributed by atoms with Gasteiger partial charge in [0.05, 0.1) is 6.67 Å². The molecule has 1 aliphatic rings. The Morgan fingerprint density at radius 1 is 1.28 bits per heavy atom. The van der Waals surface area contributed by atoms with Crippen LogP contribution < -0.4 is 5.32 Å². The molecule has 1 saturated heterocycles. The SMILES string of the molecule is CCCC1CNC(C)(CC)CN1CCCCCF. The molecule has 0 saturated carbocycles. The standard InChI is InChI=1S/C15H31FN2/c1-4-9-14-12-17-15(3,5-2)13-18(14)11-8-6-7-10-16/h14,17H,4-13H2,1-3H3. The van der Waals surface area contributed by atoms with Gasteiger partial charge in [-0.25, -0.2) is 0 Å². The summed E-state index contributed by atoms with van der Waals surface area (Å²) in [6.45, 7) is 10.1. The molecule has 0 spiro atoms. The van der Waals surface area contributed by atoms with E-state index in [1.54, 1.807) is 0 Å². The van der Waals surface area contributed by atoms with Gasteiger partial charge in [0, 0.05) is 24.7 Å². The largest absolute Gasteiger partial charge is 0.309 e. The lowest BCUT2D eigenvalue weighted by Gasteiger charge is -2.46. The molecule has 1 heterocycles. The minimum atomic E-state index is -0.160. The van der Waals surface area contributed by atoms with Crippen molar-refractivity contribution in [2.24, 2.45) is 0 Å². The van der Waals surface area contributed by atoms with Crippen LogP contribution >= 0.6 is 0 Å². The normalized spacial score (nSPS) is 29.7. The van der Waals surface area contributed by atoms with Crippen molar-refractivity contribution in [3.8, 4) is 0 Å². The molecule has 1 N–H and O–H groups in total. The van der Waals surface area contributed by atoms with Gasteiger partial charge in [0.1, 0.15) is 0 Å². The molecule has 0 aromatic rings. The van der Waals surface area contributed by atoms with Gasteiger partial charge in [0.15, 0.2) is 0 Å². The highest BCUT2D eigenvalue weighted by atomic mass is 19.1. The molecule has 2 unspecified atom stereocenters. The van der Waals surface area contributed by atoms with Crippen LogP contribution in [0.1, 0.15) is 59.3 Å². The van der Waals surface area contributed by atoms with E-state index in [9.17, 15) is 4.39 Å². The Morgan fingerprint density at radius 3 is 2.67 bits per heavy atom. The van der Waals surface area contributed by atoms with Crippen LogP contribution in [0, 0.1) is 0 Å². The Kier molecular flexibility index (Phi) is 7.16. The highest BCUT2D eigenvalue weighted by Crippen LogP contribution is 2.21. The molecule has 0 aromatic carbocycles. The van der Waals surface area contributed by atoms with Crippen LogP contribution in [0.25, 0.3) is 0 Å². The van der Waals surface area contributed by atoms with Gasteiger partial charge in [-0.3, -0.25) is 9.29 Å². The maximum atomic E-state index is 12.1. The van der Waals surface area contributed by atoms with Crippen LogP contribution in [0.2, 0.25) is 0 Å². The van der Waals surface area contributed by atoms with Gasteiger partial charge in [0.25, 0.3) is 0 Å². The Labute approximate surface area is 112 Å². The zero-order valence-electron chi connectivity index (χ0n) is 12.5. The van der Waals surface area contributed by atoms with Crippen molar-refractivity contribution >= 4 is 0 Å². The smallest absolute Gasteiger partial charge is 0.0894 e. The minimum Gasteiger partial charge on any atom is -0.309 e. The quantitative estimate of drug-likeness (QED) is 0.672. The first-order chi connectivity index (χ1) is 8.65. The molecule has 1 fully saturated rings. The first-order valence-electron chi connectivity index (χ1n) is 7.70. The average molecular weight is 258 g/mol. The number of rotatable bonds is 8. The highest BCUT2D eigenvalue weighted by Gasteiger charge is 2.33. The molecule has 18 heavy (non-hydrogen) atoms. The van der Waals surface area contributed by atoms with Gasteiger partial charge in [0.2, 0.25) is 0 Å². The van der Waals surface area contributed by atoms with Gasteiger partial charge in [-0.2, -0.15) is 0 Å². The molecule has 108 valence electrons. The molecule has 0 aliphatic carbocycles. The zero-order chi connectivity index (χ0) is 13.4. The van der Waals surface area contributed by atoms with Gasteiger partial charge in [-0.15, -0.1) is 0 Å². The summed E-state index contributed by atoms with van der Waals surface area (Å²) in [6.07, 6.45) is 6.60. The molecular formula is C15H31FN2. The summed E-state index contributed by atoms with van der Waals surface area (Å²) in [6, 6.07) is 0.681.